The van der Waals surface area contributed by atoms with E-state index in [1.54, 1.807) is 23.2 Å². The topological polar surface area (TPSA) is 80.1 Å². The van der Waals surface area contributed by atoms with Gasteiger partial charge in [0, 0.05) is 30.5 Å². The number of hydrogen-bond donors (Lipinski definition) is 1. The number of amides is 2. The summed E-state index contributed by atoms with van der Waals surface area (Å²) < 4.78 is 1.97. The maximum Gasteiger partial charge on any atom is 0.258 e. The number of pyridine rings is 1. The van der Waals surface area contributed by atoms with Crippen LogP contribution >= 0.6 is 11.6 Å². The molecule has 0 radical (unpaired) electrons. The molecule has 2 amide bonds. The van der Waals surface area contributed by atoms with Gasteiger partial charge in [-0.05, 0) is 56.5 Å². The minimum atomic E-state index is -0.272. The normalized spacial score (nSPS) is 16.7. The maximum absolute atomic E-state index is 12.9. The molecule has 1 aliphatic heterocycles. The van der Waals surface area contributed by atoms with Crippen molar-refractivity contribution in [3.8, 4) is 0 Å². The van der Waals surface area contributed by atoms with E-state index in [9.17, 15) is 9.59 Å². The van der Waals surface area contributed by atoms with E-state index in [1.807, 2.05) is 29.7 Å². The summed E-state index contributed by atoms with van der Waals surface area (Å²) in [5.74, 6) is 0.0477. The monoisotopic (exact) mass is 437 g/mol. The summed E-state index contributed by atoms with van der Waals surface area (Å²) in [6, 6.07) is 8.83. The van der Waals surface area contributed by atoms with E-state index >= 15 is 0 Å². The number of nitrogens with one attached hydrogen (secondary N) is 1. The molecule has 3 aromatic rings. The number of nitrogens with zero attached hydrogens (tertiary/aromatic N) is 4. The zero-order chi connectivity index (χ0) is 22.0. The summed E-state index contributed by atoms with van der Waals surface area (Å²) in [4.78, 5) is 35.9. The standard InChI is InChI=1S/C23H24ClN5O2/c1-3-20(30)28-12-5-4-7-17(14-28)29-21-18(24)8-6-9-19(21)26-23(29)27-22(31)16-10-11-25-15(2)13-16/h3,6,8-11,13,17H,1,4-5,7,12,14H2,2H3,(H,26,27,31)/t17-/m1/s1. The summed E-state index contributed by atoms with van der Waals surface area (Å²) in [7, 11) is 0. The van der Waals surface area contributed by atoms with E-state index < -0.39 is 0 Å². The van der Waals surface area contributed by atoms with Crippen LogP contribution in [0.15, 0.2) is 49.2 Å². The molecular weight excluding hydrogens is 414 g/mol. The van der Waals surface area contributed by atoms with Gasteiger partial charge in [-0.2, -0.15) is 0 Å². The third kappa shape index (κ3) is 4.32. The molecule has 1 N–H and O–H groups in total. The number of fused-ring (bicyclic) bond motifs is 1. The highest BCUT2D eigenvalue weighted by Gasteiger charge is 2.27. The SMILES string of the molecule is C=CC(=O)N1CCCC[C@@H](n2c(NC(=O)c3ccnc(C)c3)nc3cccc(Cl)c32)C1. The molecular formula is C23H24ClN5O2. The Labute approximate surface area is 185 Å². The molecule has 1 aromatic carbocycles. The Balaban J connectivity index is 1.76. The number of aromatic nitrogens is 3. The molecule has 7 nitrogen and oxygen atoms in total. The van der Waals surface area contributed by atoms with Crippen LogP contribution in [-0.2, 0) is 4.79 Å². The molecule has 31 heavy (non-hydrogen) atoms. The average molecular weight is 438 g/mol. The van der Waals surface area contributed by atoms with Crippen molar-refractivity contribution < 1.29 is 9.59 Å². The van der Waals surface area contributed by atoms with Crippen molar-refractivity contribution >= 4 is 40.4 Å². The Morgan fingerprint density at radius 3 is 2.90 bits per heavy atom. The van der Waals surface area contributed by atoms with Gasteiger partial charge in [-0.25, -0.2) is 4.98 Å². The highest BCUT2D eigenvalue weighted by atomic mass is 35.5. The fraction of sp³-hybridized carbons (Fsp3) is 0.304. The molecule has 0 bridgehead atoms. The smallest absolute Gasteiger partial charge is 0.258 e. The van der Waals surface area contributed by atoms with Crippen LogP contribution in [-0.4, -0.2) is 44.3 Å². The highest BCUT2D eigenvalue weighted by molar-refractivity contribution is 6.35. The first-order valence-electron chi connectivity index (χ1n) is 10.3. The summed E-state index contributed by atoms with van der Waals surface area (Å²) in [6.07, 6.45) is 5.65. The van der Waals surface area contributed by atoms with E-state index in [2.05, 4.69) is 21.9 Å². The molecule has 4 rings (SSSR count). The predicted molar refractivity (Wildman–Crippen MR) is 121 cm³/mol. The lowest BCUT2D eigenvalue weighted by atomic mass is 10.1. The Hall–Kier alpha value is -3.19. The van der Waals surface area contributed by atoms with Gasteiger partial charge in [0.25, 0.3) is 5.91 Å². The van der Waals surface area contributed by atoms with Crippen LogP contribution < -0.4 is 5.32 Å². The molecule has 1 fully saturated rings. The van der Waals surface area contributed by atoms with Crippen LogP contribution in [0.5, 0.6) is 0 Å². The molecule has 1 atom stereocenters. The number of aryl methyl sites for hydroxylation is 1. The Morgan fingerprint density at radius 2 is 2.13 bits per heavy atom. The number of rotatable bonds is 4. The fourth-order valence-corrected chi connectivity index (χ4v) is 4.33. The summed E-state index contributed by atoms with van der Waals surface area (Å²) in [6.45, 7) is 6.64. The molecule has 160 valence electrons. The van der Waals surface area contributed by atoms with Gasteiger partial charge in [-0.3, -0.25) is 19.9 Å². The summed E-state index contributed by atoms with van der Waals surface area (Å²) >= 11 is 6.56. The van der Waals surface area contributed by atoms with Crippen LogP contribution in [0.2, 0.25) is 5.02 Å². The lowest BCUT2D eigenvalue weighted by molar-refractivity contribution is -0.126. The number of carbonyl (C=O) groups excluding carboxylic acids is 2. The lowest BCUT2D eigenvalue weighted by Crippen LogP contribution is -2.34. The van der Waals surface area contributed by atoms with Gasteiger partial charge < -0.3 is 9.47 Å². The van der Waals surface area contributed by atoms with Crippen LogP contribution in [0.1, 0.15) is 41.4 Å². The van der Waals surface area contributed by atoms with Gasteiger partial charge in [0.15, 0.2) is 0 Å². The molecule has 0 aliphatic carbocycles. The van der Waals surface area contributed by atoms with Crippen molar-refractivity contribution in [1.29, 1.82) is 0 Å². The molecule has 1 aliphatic rings. The summed E-state index contributed by atoms with van der Waals surface area (Å²) in [5, 5.41) is 3.50. The number of likely N-dealkylation sites (tertiary alicyclic amines) is 1. The second-order valence-corrected chi connectivity index (χ2v) is 8.10. The zero-order valence-corrected chi connectivity index (χ0v) is 18.1. The first-order chi connectivity index (χ1) is 15.0. The second kappa shape index (κ2) is 8.89. The predicted octanol–water partition coefficient (Wildman–Crippen LogP) is 4.39. The number of hydrogen-bond acceptors (Lipinski definition) is 4. The minimum Gasteiger partial charge on any atom is -0.337 e. The third-order valence-electron chi connectivity index (χ3n) is 5.54. The van der Waals surface area contributed by atoms with Crippen molar-refractivity contribution in [3.63, 3.8) is 0 Å². The number of imidazole rings is 1. The first kappa shape index (κ1) is 21.1. The molecule has 0 saturated carbocycles. The first-order valence-corrected chi connectivity index (χ1v) is 10.7. The van der Waals surface area contributed by atoms with Crippen LogP contribution in [0.25, 0.3) is 11.0 Å². The largest absolute Gasteiger partial charge is 0.337 e. The zero-order valence-electron chi connectivity index (χ0n) is 17.3. The van der Waals surface area contributed by atoms with Crippen molar-refractivity contribution in [2.45, 2.75) is 32.2 Å². The number of carbonyl (C=O) groups is 2. The number of halogens is 1. The van der Waals surface area contributed by atoms with E-state index in [4.69, 9.17) is 11.6 Å². The fourth-order valence-electron chi connectivity index (χ4n) is 4.07. The van der Waals surface area contributed by atoms with Crippen LogP contribution in [0, 0.1) is 6.92 Å². The second-order valence-electron chi connectivity index (χ2n) is 7.69. The molecule has 0 spiro atoms. The minimum absolute atomic E-state index is 0.0780. The van der Waals surface area contributed by atoms with Gasteiger partial charge >= 0.3 is 0 Å². The molecule has 0 unspecified atom stereocenters. The van der Waals surface area contributed by atoms with Crippen molar-refractivity contribution in [2.75, 3.05) is 18.4 Å². The molecule has 8 heteroatoms. The quantitative estimate of drug-likeness (QED) is 0.614. The third-order valence-corrected chi connectivity index (χ3v) is 5.85. The van der Waals surface area contributed by atoms with Crippen molar-refractivity contribution in [3.05, 3.63) is 65.5 Å². The maximum atomic E-state index is 12.9. The Kier molecular flexibility index (Phi) is 6.04. The average Bonchev–Trinajstić information content (AvgIpc) is 2.95. The Morgan fingerprint density at radius 1 is 1.29 bits per heavy atom. The molecule has 2 aromatic heterocycles. The van der Waals surface area contributed by atoms with E-state index in [0.717, 1.165) is 30.5 Å². The van der Waals surface area contributed by atoms with Gasteiger partial charge in [0.2, 0.25) is 11.9 Å². The molecule has 1 saturated heterocycles. The summed E-state index contributed by atoms with van der Waals surface area (Å²) in [5.41, 5.74) is 2.70. The lowest BCUT2D eigenvalue weighted by Gasteiger charge is -2.26. The Bertz CT molecular complexity index is 1160. The van der Waals surface area contributed by atoms with E-state index in [1.165, 1.54) is 6.08 Å². The van der Waals surface area contributed by atoms with Crippen molar-refractivity contribution in [1.82, 2.24) is 19.4 Å². The van der Waals surface area contributed by atoms with Crippen LogP contribution in [0.4, 0.5) is 5.95 Å². The van der Waals surface area contributed by atoms with E-state index in [-0.39, 0.29) is 17.9 Å². The highest BCUT2D eigenvalue weighted by Crippen LogP contribution is 2.34. The number of para-hydroxylation sites is 1. The van der Waals surface area contributed by atoms with Gasteiger partial charge in [-0.1, -0.05) is 24.2 Å². The number of benzene rings is 1. The van der Waals surface area contributed by atoms with E-state index in [0.29, 0.717) is 35.1 Å². The van der Waals surface area contributed by atoms with Gasteiger partial charge in [0.1, 0.15) is 0 Å². The molecule has 3 heterocycles. The number of anilines is 1. The van der Waals surface area contributed by atoms with Gasteiger partial charge in [-0.15, -0.1) is 0 Å². The van der Waals surface area contributed by atoms with Gasteiger partial charge in [0.05, 0.1) is 22.1 Å². The van der Waals surface area contributed by atoms with Crippen molar-refractivity contribution in [2.24, 2.45) is 0 Å². The van der Waals surface area contributed by atoms with Crippen LogP contribution in [0.3, 0.4) is 0 Å².